The molecule has 8 heteroatoms. The number of nitrogens with one attached hydrogen (secondary N) is 1. The van der Waals surface area contributed by atoms with E-state index in [1.165, 1.54) is 27.8 Å². The molecular weight excluding hydrogens is 334 g/mol. The van der Waals surface area contributed by atoms with Gasteiger partial charge < -0.3 is 0 Å². The Kier molecular flexibility index (Phi) is 4.47. The molecule has 3 rings (SSSR count). The number of rotatable bonds is 4. The standard InChI is InChI=1S/C15H17N3O3S2/c1-11-10-16-15(22-11)17-14(19)12-5-4-6-13(9-12)23(20,21)18-7-2-3-8-18/h4-6,9-10H,2-3,7-8H2,1H3,(H,16,17,19). The average molecular weight is 351 g/mol. The minimum atomic E-state index is -3.52. The quantitative estimate of drug-likeness (QED) is 0.918. The Morgan fingerprint density at radius 2 is 2.04 bits per heavy atom. The predicted octanol–water partition coefficient (Wildman–Crippen LogP) is 2.49. The van der Waals surface area contributed by atoms with Crippen LogP contribution in [0.25, 0.3) is 0 Å². The third-order valence-corrected chi connectivity index (χ3v) is 6.36. The molecule has 0 atom stereocenters. The SMILES string of the molecule is Cc1cnc(NC(=O)c2cccc(S(=O)(=O)N3CCCC3)c2)s1. The zero-order valence-corrected chi connectivity index (χ0v) is 14.3. The van der Waals surface area contributed by atoms with Crippen molar-refractivity contribution in [1.29, 1.82) is 0 Å². The summed E-state index contributed by atoms with van der Waals surface area (Å²) in [6.07, 6.45) is 3.43. The predicted molar refractivity (Wildman–Crippen MR) is 89.2 cm³/mol. The Hall–Kier alpha value is -1.77. The highest BCUT2D eigenvalue weighted by Crippen LogP contribution is 2.22. The van der Waals surface area contributed by atoms with Crippen molar-refractivity contribution in [2.45, 2.75) is 24.7 Å². The van der Waals surface area contributed by atoms with Gasteiger partial charge in [0, 0.05) is 29.7 Å². The number of hydrogen-bond donors (Lipinski definition) is 1. The van der Waals surface area contributed by atoms with Gasteiger partial charge in [-0.3, -0.25) is 10.1 Å². The summed E-state index contributed by atoms with van der Waals surface area (Å²) in [7, 11) is -3.52. The number of carbonyl (C=O) groups is 1. The minimum absolute atomic E-state index is 0.155. The van der Waals surface area contributed by atoms with E-state index in [9.17, 15) is 13.2 Å². The second-order valence-electron chi connectivity index (χ2n) is 5.37. The van der Waals surface area contributed by atoms with Crippen LogP contribution >= 0.6 is 11.3 Å². The number of aryl methyl sites for hydroxylation is 1. The van der Waals surface area contributed by atoms with Gasteiger partial charge in [-0.1, -0.05) is 6.07 Å². The topological polar surface area (TPSA) is 79.4 Å². The zero-order valence-electron chi connectivity index (χ0n) is 12.7. The fraction of sp³-hybridized carbons (Fsp3) is 0.333. The van der Waals surface area contributed by atoms with Gasteiger partial charge in [-0.15, -0.1) is 11.3 Å². The molecule has 1 fully saturated rings. The van der Waals surface area contributed by atoms with Crippen molar-refractivity contribution in [3.63, 3.8) is 0 Å². The van der Waals surface area contributed by atoms with Crippen molar-refractivity contribution in [2.24, 2.45) is 0 Å². The number of sulfonamides is 1. The van der Waals surface area contributed by atoms with E-state index in [0.717, 1.165) is 17.7 Å². The molecule has 23 heavy (non-hydrogen) atoms. The molecule has 0 spiro atoms. The van der Waals surface area contributed by atoms with E-state index in [0.29, 0.717) is 23.8 Å². The fourth-order valence-corrected chi connectivity index (χ4v) is 4.68. The van der Waals surface area contributed by atoms with Crippen LogP contribution in [-0.2, 0) is 10.0 Å². The Labute approximate surface area is 139 Å². The summed E-state index contributed by atoms with van der Waals surface area (Å²) in [6.45, 7) is 2.98. The van der Waals surface area contributed by atoms with Crippen LogP contribution in [0, 0.1) is 6.92 Å². The van der Waals surface area contributed by atoms with Crippen LogP contribution in [0.3, 0.4) is 0 Å². The lowest BCUT2D eigenvalue weighted by Crippen LogP contribution is -2.28. The normalized spacial score (nSPS) is 15.7. The zero-order chi connectivity index (χ0) is 16.4. The molecule has 2 aromatic rings. The highest BCUT2D eigenvalue weighted by Gasteiger charge is 2.27. The minimum Gasteiger partial charge on any atom is -0.298 e. The van der Waals surface area contributed by atoms with Crippen LogP contribution in [0.1, 0.15) is 28.1 Å². The number of thiazole rings is 1. The van der Waals surface area contributed by atoms with Gasteiger partial charge in [0.2, 0.25) is 10.0 Å². The van der Waals surface area contributed by atoms with Crippen LogP contribution in [0.5, 0.6) is 0 Å². The maximum Gasteiger partial charge on any atom is 0.257 e. The molecule has 0 aliphatic carbocycles. The summed E-state index contributed by atoms with van der Waals surface area (Å²) in [4.78, 5) is 17.5. The number of anilines is 1. The molecule has 1 aromatic heterocycles. The Bertz CT molecular complexity index is 824. The fourth-order valence-electron chi connectivity index (χ4n) is 2.46. The Morgan fingerprint density at radius 3 is 2.70 bits per heavy atom. The van der Waals surface area contributed by atoms with Crippen LogP contribution in [-0.4, -0.2) is 36.7 Å². The molecule has 6 nitrogen and oxygen atoms in total. The molecule has 0 bridgehead atoms. The van der Waals surface area contributed by atoms with Gasteiger partial charge >= 0.3 is 0 Å². The average Bonchev–Trinajstić information content (AvgIpc) is 3.19. The molecule has 1 aliphatic heterocycles. The number of hydrogen-bond acceptors (Lipinski definition) is 5. The maximum atomic E-state index is 12.6. The first-order valence-corrected chi connectivity index (χ1v) is 9.56. The largest absolute Gasteiger partial charge is 0.298 e. The van der Waals surface area contributed by atoms with E-state index in [2.05, 4.69) is 10.3 Å². The molecule has 0 unspecified atom stereocenters. The van der Waals surface area contributed by atoms with E-state index >= 15 is 0 Å². The molecule has 1 amide bonds. The Balaban J connectivity index is 1.83. The smallest absolute Gasteiger partial charge is 0.257 e. The summed E-state index contributed by atoms with van der Waals surface area (Å²) < 4.78 is 26.6. The monoisotopic (exact) mass is 351 g/mol. The lowest BCUT2D eigenvalue weighted by atomic mass is 10.2. The van der Waals surface area contributed by atoms with E-state index in [1.54, 1.807) is 18.3 Å². The van der Waals surface area contributed by atoms with Gasteiger partial charge in [0.05, 0.1) is 4.90 Å². The van der Waals surface area contributed by atoms with E-state index < -0.39 is 10.0 Å². The van der Waals surface area contributed by atoms with Crippen LogP contribution in [0.4, 0.5) is 5.13 Å². The molecule has 1 N–H and O–H groups in total. The third kappa shape index (κ3) is 3.44. The number of aromatic nitrogens is 1. The lowest BCUT2D eigenvalue weighted by molar-refractivity contribution is 0.102. The summed E-state index contributed by atoms with van der Waals surface area (Å²) in [5.74, 6) is -0.363. The van der Waals surface area contributed by atoms with Crippen molar-refractivity contribution in [2.75, 3.05) is 18.4 Å². The third-order valence-electron chi connectivity index (χ3n) is 3.64. The van der Waals surface area contributed by atoms with Crippen LogP contribution < -0.4 is 5.32 Å². The lowest BCUT2D eigenvalue weighted by Gasteiger charge is -2.15. The van der Waals surface area contributed by atoms with Gasteiger partial charge in [0.1, 0.15) is 0 Å². The number of carbonyl (C=O) groups excluding carboxylic acids is 1. The van der Waals surface area contributed by atoms with Crippen molar-refractivity contribution in [3.05, 3.63) is 40.9 Å². The molecular formula is C15H17N3O3S2. The van der Waals surface area contributed by atoms with Gasteiger partial charge in [-0.25, -0.2) is 13.4 Å². The molecule has 1 saturated heterocycles. The molecule has 122 valence electrons. The van der Waals surface area contributed by atoms with Crippen molar-refractivity contribution >= 4 is 32.4 Å². The van der Waals surface area contributed by atoms with Crippen molar-refractivity contribution < 1.29 is 13.2 Å². The molecule has 0 radical (unpaired) electrons. The first-order chi connectivity index (χ1) is 11.0. The van der Waals surface area contributed by atoms with Crippen LogP contribution in [0.15, 0.2) is 35.4 Å². The van der Waals surface area contributed by atoms with Crippen molar-refractivity contribution in [3.8, 4) is 0 Å². The molecule has 0 saturated carbocycles. The molecule has 1 aliphatic rings. The van der Waals surface area contributed by atoms with Crippen molar-refractivity contribution in [1.82, 2.24) is 9.29 Å². The maximum absolute atomic E-state index is 12.6. The van der Waals surface area contributed by atoms with Gasteiger partial charge in [-0.2, -0.15) is 4.31 Å². The number of amides is 1. The van der Waals surface area contributed by atoms with Gasteiger partial charge in [-0.05, 0) is 38.0 Å². The highest BCUT2D eigenvalue weighted by molar-refractivity contribution is 7.89. The second kappa shape index (κ2) is 6.38. The Morgan fingerprint density at radius 1 is 1.30 bits per heavy atom. The van der Waals surface area contributed by atoms with Gasteiger partial charge in [0.15, 0.2) is 5.13 Å². The summed E-state index contributed by atoms with van der Waals surface area (Å²) in [6, 6.07) is 6.13. The molecule has 2 heterocycles. The summed E-state index contributed by atoms with van der Waals surface area (Å²) in [5, 5.41) is 3.19. The number of benzene rings is 1. The summed E-state index contributed by atoms with van der Waals surface area (Å²) >= 11 is 1.37. The van der Waals surface area contributed by atoms with Crippen LogP contribution in [0.2, 0.25) is 0 Å². The molecule has 1 aromatic carbocycles. The van der Waals surface area contributed by atoms with E-state index in [4.69, 9.17) is 0 Å². The van der Waals surface area contributed by atoms with Gasteiger partial charge in [0.25, 0.3) is 5.91 Å². The second-order valence-corrected chi connectivity index (χ2v) is 8.54. The highest BCUT2D eigenvalue weighted by atomic mass is 32.2. The first kappa shape index (κ1) is 16.1. The number of nitrogens with zero attached hydrogens (tertiary/aromatic N) is 2. The van der Waals surface area contributed by atoms with E-state index in [-0.39, 0.29) is 10.8 Å². The first-order valence-electron chi connectivity index (χ1n) is 7.31. The summed E-state index contributed by atoms with van der Waals surface area (Å²) in [5.41, 5.74) is 0.304. The van der Waals surface area contributed by atoms with E-state index in [1.807, 2.05) is 6.92 Å².